The molecule has 2 aromatic carbocycles. The molecule has 0 heterocycles. The highest BCUT2D eigenvalue weighted by Gasteiger charge is 2.33. The van der Waals surface area contributed by atoms with Gasteiger partial charge in [0.25, 0.3) is 0 Å². The average molecular weight is 378 g/mol. The molecule has 0 unspecified atom stereocenters. The SMILES string of the molecule is COc1ccccc1CN(CCc1ccc(Cl)cc1Cl)C(=O)C1CC1. The van der Waals surface area contributed by atoms with Gasteiger partial charge in [0.15, 0.2) is 0 Å². The van der Waals surface area contributed by atoms with Gasteiger partial charge in [-0.3, -0.25) is 4.79 Å². The first-order valence-electron chi connectivity index (χ1n) is 8.43. The number of carbonyl (C=O) groups is 1. The summed E-state index contributed by atoms with van der Waals surface area (Å²) in [5.41, 5.74) is 2.01. The Bertz CT molecular complexity index is 759. The van der Waals surface area contributed by atoms with Crippen molar-refractivity contribution in [3.05, 3.63) is 63.6 Å². The van der Waals surface area contributed by atoms with Gasteiger partial charge >= 0.3 is 0 Å². The number of nitrogens with zero attached hydrogens (tertiary/aromatic N) is 1. The Morgan fingerprint density at radius 1 is 1.16 bits per heavy atom. The van der Waals surface area contributed by atoms with Crippen molar-refractivity contribution in [2.24, 2.45) is 5.92 Å². The molecular formula is C20H21Cl2NO2. The van der Waals surface area contributed by atoms with Crippen LogP contribution in [-0.4, -0.2) is 24.5 Å². The second-order valence-electron chi connectivity index (χ2n) is 6.33. The van der Waals surface area contributed by atoms with Crippen molar-refractivity contribution in [2.75, 3.05) is 13.7 Å². The first-order valence-corrected chi connectivity index (χ1v) is 9.18. The van der Waals surface area contributed by atoms with Gasteiger partial charge in [0.2, 0.25) is 5.91 Å². The molecule has 0 N–H and O–H groups in total. The summed E-state index contributed by atoms with van der Waals surface area (Å²) >= 11 is 12.2. The van der Waals surface area contributed by atoms with Crippen molar-refractivity contribution in [3.8, 4) is 5.75 Å². The Morgan fingerprint density at radius 3 is 2.60 bits per heavy atom. The predicted molar refractivity (Wildman–Crippen MR) is 101 cm³/mol. The summed E-state index contributed by atoms with van der Waals surface area (Å²) in [4.78, 5) is 14.6. The molecule has 25 heavy (non-hydrogen) atoms. The summed E-state index contributed by atoms with van der Waals surface area (Å²) in [5, 5.41) is 1.26. The van der Waals surface area contributed by atoms with Crippen LogP contribution < -0.4 is 4.74 Å². The zero-order valence-electron chi connectivity index (χ0n) is 14.2. The molecule has 0 aliphatic heterocycles. The van der Waals surface area contributed by atoms with Crippen molar-refractivity contribution >= 4 is 29.1 Å². The molecule has 2 aromatic rings. The van der Waals surface area contributed by atoms with Gasteiger partial charge in [-0.25, -0.2) is 0 Å². The van der Waals surface area contributed by atoms with Crippen LogP contribution in [0.15, 0.2) is 42.5 Å². The fourth-order valence-corrected chi connectivity index (χ4v) is 3.38. The fourth-order valence-electron chi connectivity index (χ4n) is 2.87. The summed E-state index contributed by atoms with van der Waals surface area (Å²) < 4.78 is 5.42. The zero-order chi connectivity index (χ0) is 17.8. The van der Waals surface area contributed by atoms with Crippen LogP contribution in [0.2, 0.25) is 10.0 Å². The van der Waals surface area contributed by atoms with E-state index in [9.17, 15) is 4.79 Å². The van der Waals surface area contributed by atoms with Crippen LogP contribution in [0.3, 0.4) is 0 Å². The molecule has 1 aliphatic carbocycles. The van der Waals surface area contributed by atoms with E-state index in [4.69, 9.17) is 27.9 Å². The topological polar surface area (TPSA) is 29.5 Å². The third kappa shape index (κ3) is 4.68. The van der Waals surface area contributed by atoms with E-state index in [0.717, 1.165) is 29.7 Å². The molecule has 0 aromatic heterocycles. The minimum absolute atomic E-state index is 0.176. The van der Waals surface area contributed by atoms with E-state index in [2.05, 4.69) is 0 Å². The predicted octanol–water partition coefficient (Wildman–Crippen LogP) is 4.98. The van der Waals surface area contributed by atoms with Crippen LogP contribution in [0, 0.1) is 5.92 Å². The molecule has 5 heteroatoms. The molecular weight excluding hydrogens is 357 g/mol. The first kappa shape index (κ1) is 18.1. The highest BCUT2D eigenvalue weighted by atomic mass is 35.5. The fraction of sp³-hybridized carbons (Fsp3) is 0.350. The second kappa shape index (κ2) is 8.11. The van der Waals surface area contributed by atoms with Gasteiger partial charge in [-0.1, -0.05) is 47.5 Å². The molecule has 0 saturated heterocycles. The molecule has 3 rings (SSSR count). The molecule has 1 amide bonds. The third-order valence-corrected chi connectivity index (χ3v) is 5.05. The van der Waals surface area contributed by atoms with Crippen molar-refractivity contribution in [2.45, 2.75) is 25.8 Å². The zero-order valence-corrected chi connectivity index (χ0v) is 15.7. The number of hydrogen-bond acceptors (Lipinski definition) is 2. The third-order valence-electron chi connectivity index (χ3n) is 4.46. The smallest absolute Gasteiger partial charge is 0.225 e. The average Bonchev–Trinajstić information content (AvgIpc) is 3.44. The van der Waals surface area contributed by atoms with E-state index in [-0.39, 0.29) is 11.8 Å². The number of carbonyl (C=O) groups excluding carboxylic acids is 1. The maximum absolute atomic E-state index is 12.7. The monoisotopic (exact) mass is 377 g/mol. The molecule has 0 atom stereocenters. The summed E-state index contributed by atoms with van der Waals surface area (Å²) in [6.07, 6.45) is 2.68. The maximum Gasteiger partial charge on any atom is 0.225 e. The van der Waals surface area contributed by atoms with Gasteiger partial charge in [0.1, 0.15) is 5.75 Å². The van der Waals surface area contributed by atoms with E-state index >= 15 is 0 Å². The minimum Gasteiger partial charge on any atom is -0.496 e. The Morgan fingerprint density at radius 2 is 1.92 bits per heavy atom. The molecule has 0 bridgehead atoms. The van der Waals surface area contributed by atoms with Gasteiger partial charge in [-0.2, -0.15) is 0 Å². The number of amides is 1. The molecule has 1 saturated carbocycles. The van der Waals surface area contributed by atoms with E-state index in [1.54, 1.807) is 13.2 Å². The van der Waals surface area contributed by atoms with Crippen LogP contribution >= 0.6 is 23.2 Å². The lowest BCUT2D eigenvalue weighted by Gasteiger charge is -2.24. The van der Waals surface area contributed by atoms with Gasteiger partial charge < -0.3 is 9.64 Å². The molecule has 1 aliphatic rings. The highest BCUT2D eigenvalue weighted by Crippen LogP contribution is 2.32. The van der Waals surface area contributed by atoms with Crippen molar-refractivity contribution in [3.63, 3.8) is 0 Å². The number of methoxy groups -OCH3 is 1. The molecule has 3 nitrogen and oxygen atoms in total. The quantitative estimate of drug-likeness (QED) is 0.680. The van der Waals surface area contributed by atoms with E-state index in [1.165, 1.54) is 0 Å². The van der Waals surface area contributed by atoms with Gasteiger partial charge in [0, 0.05) is 34.6 Å². The van der Waals surface area contributed by atoms with E-state index < -0.39 is 0 Å². The Hall–Kier alpha value is -1.71. The van der Waals surface area contributed by atoms with Crippen LogP contribution in [0.4, 0.5) is 0 Å². The Kier molecular flexibility index (Phi) is 5.87. The number of para-hydroxylation sites is 1. The van der Waals surface area contributed by atoms with Gasteiger partial charge in [0.05, 0.1) is 7.11 Å². The van der Waals surface area contributed by atoms with E-state index in [1.807, 2.05) is 41.3 Å². The lowest BCUT2D eigenvalue weighted by molar-refractivity contribution is -0.133. The van der Waals surface area contributed by atoms with Crippen molar-refractivity contribution < 1.29 is 9.53 Å². The number of hydrogen-bond donors (Lipinski definition) is 0. The lowest BCUT2D eigenvalue weighted by atomic mass is 10.1. The van der Waals surface area contributed by atoms with Crippen LogP contribution in [0.5, 0.6) is 5.75 Å². The van der Waals surface area contributed by atoms with Crippen molar-refractivity contribution in [1.82, 2.24) is 4.90 Å². The maximum atomic E-state index is 12.7. The molecule has 0 spiro atoms. The summed E-state index contributed by atoms with van der Waals surface area (Å²) in [7, 11) is 1.65. The Labute approximate surface area is 158 Å². The second-order valence-corrected chi connectivity index (χ2v) is 7.18. The summed E-state index contributed by atoms with van der Waals surface area (Å²) in [6, 6.07) is 13.3. The highest BCUT2D eigenvalue weighted by molar-refractivity contribution is 6.35. The first-order chi connectivity index (χ1) is 12.1. The minimum atomic E-state index is 0.176. The van der Waals surface area contributed by atoms with Crippen LogP contribution in [-0.2, 0) is 17.8 Å². The van der Waals surface area contributed by atoms with Crippen LogP contribution in [0.25, 0.3) is 0 Å². The summed E-state index contributed by atoms with van der Waals surface area (Å²) in [5.74, 6) is 1.20. The van der Waals surface area contributed by atoms with Crippen LogP contribution in [0.1, 0.15) is 24.0 Å². The standard InChI is InChI=1S/C20H21Cl2NO2/c1-25-19-5-3-2-4-16(19)13-23(20(24)15-6-7-15)11-10-14-8-9-17(21)12-18(14)22/h2-5,8-9,12,15H,6-7,10-11,13H2,1H3. The number of rotatable bonds is 7. The number of ether oxygens (including phenoxy) is 1. The molecule has 0 radical (unpaired) electrons. The van der Waals surface area contributed by atoms with E-state index in [0.29, 0.717) is 29.6 Å². The molecule has 132 valence electrons. The van der Waals surface area contributed by atoms with Gasteiger partial charge in [-0.05, 0) is 43.0 Å². The van der Waals surface area contributed by atoms with Gasteiger partial charge in [-0.15, -0.1) is 0 Å². The lowest BCUT2D eigenvalue weighted by Crippen LogP contribution is -2.33. The molecule has 1 fully saturated rings. The number of benzene rings is 2. The largest absolute Gasteiger partial charge is 0.496 e. The summed E-state index contributed by atoms with van der Waals surface area (Å²) in [6.45, 7) is 1.17. The normalized spacial score (nSPS) is 13.6. The Balaban J connectivity index is 1.74. The van der Waals surface area contributed by atoms with Crippen molar-refractivity contribution in [1.29, 1.82) is 0 Å². The number of halogens is 2.